The van der Waals surface area contributed by atoms with E-state index in [0.29, 0.717) is 6.54 Å². The molecular formula is C14H16FN3O2S. The van der Waals surface area contributed by atoms with Gasteiger partial charge in [-0.05, 0) is 36.2 Å². The molecule has 0 aliphatic heterocycles. The lowest BCUT2D eigenvalue weighted by Gasteiger charge is -2.17. The van der Waals surface area contributed by atoms with Gasteiger partial charge in [0, 0.05) is 13.6 Å². The number of carbonyl (C=O) groups excluding carboxylic acids is 1. The molecule has 0 aliphatic carbocycles. The second-order valence-electron chi connectivity index (χ2n) is 4.61. The van der Waals surface area contributed by atoms with Crippen LogP contribution in [0.3, 0.4) is 0 Å². The summed E-state index contributed by atoms with van der Waals surface area (Å²) in [6.45, 7) is 1.76. The molecule has 7 heteroatoms. The zero-order valence-corrected chi connectivity index (χ0v) is 12.9. The Kier molecular flexibility index (Phi) is 4.85. The third-order valence-electron chi connectivity index (χ3n) is 3.01. The lowest BCUT2D eigenvalue weighted by molar-refractivity contribution is 0.0786. The van der Waals surface area contributed by atoms with Crippen LogP contribution in [-0.2, 0) is 6.54 Å². The first-order chi connectivity index (χ1) is 10.0. The Balaban J connectivity index is 2.10. The van der Waals surface area contributed by atoms with Crippen molar-refractivity contribution >= 4 is 17.4 Å². The van der Waals surface area contributed by atoms with Gasteiger partial charge in [0.05, 0.1) is 7.11 Å². The number of halogens is 1. The lowest BCUT2D eigenvalue weighted by atomic mass is 10.2. The maximum atomic E-state index is 13.4. The van der Waals surface area contributed by atoms with E-state index in [9.17, 15) is 9.18 Å². The average Bonchev–Trinajstić information content (AvgIpc) is 2.96. The number of amides is 1. The van der Waals surface area contributed by atoms with Crippen LogP contribution in [0.1, 0.15) is 34.0 Å². The summed E-state index contributed by atoms with van der Waals surface area (Å²) in [7, 11) is 3.26. The second-order valence-corrected chi connectivity index (χ2v) is 5.37. The number of rotatable bonds is 5. The number of methoxy groups -OCH3 is 1. The van der Waals surface area contributed by atoms with Crippen molar-refractivity contribution in [1.29, 1.82) is 0 Å². The Labute approximate surface area is 126 Å². The molecular weight excluding hydrogens is 293 g/mol. The molecule has 0 aliphatic rings. The van der Waals surface area contributed by atoms with Crippen molar-refractivity contribution < 1.29 is 13.9 Å². The first-order valence-electron chi connectivity index (χ1n) is 6.37. The topological polar surface area (TPSA) is 55.3 Å². The van der Waals surface area contributed by atoms with Crippen molar-refractivity contribution in [1.82, 2.24) is 14.5 Å². The number of carbonyl (C=O) groups is 1. The Morgan fingerprint density at radius 3 is 2.67 bits per heavy atom. The van der Waals surface area contributed by atoms with Crippen LogP contribution in [0.15, 0.2) is 24.3 Å². The second kappa shape index (κ2) is 6.62. The number of ether oxygens (including phenoxy) is 1. The van der Waals surface area contributed by atoms with Gasteiger partial charge in [-0.2, -0.15) is 0 Å². The first kappa shape index (κ1) is 15.4. The summed E-state index contributed by atoms with van der Waals surface area (Å²) in [5.74, 6) is 0.480. The lowest BCUT2D eigenvalue weighted by Crippen LogP contribution is -2.26. The predicted octanol–water partition coefficient (Wildman–Crippen LogP) is 2.85. The smallest absolute Gasteiger partial charge is 0.267 e. The van der Waals surface area contributed by atoms with E-state index < -0.39 is 6.17 Å². The van der Waals surface area contributed by atoms with Gasteiger partial charge >= 0.3 is 0 Å². The van der Waals surface area contributed by atoms with Gasteiger partial charge in [0.15, 0.2) is 0 Å². The van der Waals surface area contributed by atoms with Crippen LogP contribution in [0.4, 0.5) is 4.39 Å². The van der Waals surface area contributed by atoms with E-state index in [1.165, 1.54) is 11.8 Å². The summed E-state index contributed by atoms with van der Waals surface area (Å²) in [5.41, 5.74) is 1.06. The maximum Gasteiger partial charge on any atom is 0.267 e. The highest BCUT2D eigenvalue weighted by Crippen LogP contribution is 2.23. The third kappa shape index (κ3) is 3.55. The van der Waals surface area contributed by atoms with Crippen LogP contribution >= 0.6 is 11.5 Å². The normalized spacial score (nSPS) is 12.0. The Hall–Kier alpha value is -2.02. The molecule has 2 aromatic rings. The molecule has 112 valence electrons. The van der Waals surface area contributed by atoms with Crippen molar-refractivity contribution in [3.63, 3.8) is 0 Å². The summed E-state index contributed by atoms with van der Waals surface area (Å²) >= 11 is 0.919. The average molecular weight is 309 g/mol. The highest BCUT2D eigenvalue weighted by Gasteiger charge is 2.23. The molecule has 0 spiro atoms. The van der Waals surface area contributed by atoms with Crippen molar-refractivity contribution in [2.75, 3.05) is 14.2 Å². The van der Waals surface area contributed by atoms with Crippen LogP contribution in [0, 0.1) is 0 Å². The summed E-state index contributed by atoms with van der Waals surface area (Å²) in [6, 6.07) is 7.42. The summed E-state index contributed by atoms with van der Waals surface area (Å²) in [5, 5.41) is 3.68. The number of benzene rings is 1. The zero-order chi connectivity index (χ0) is 15.4. The minimum atomic E-state index is -1.31. The summed E-state index contributed by atoms with van der Waals surface area (Å²) in [4.78, 5) is 14.1. The Morgan fingerprint density at radius 2 is 2.10 bits per heavy atom. The fourth-order valence-electron chi connectivity index (χ4n) is 1.86. The summed E-state index contributed by atoms with van der Waals surface area (Å²) < 4.78 is 22.1. The van der Waals surface area contributed by atoms with Gasteiger partial charge in [-0.15, -0.1) is 5.10 Å². The molecule has 21 heavy (non-hydrogen) atoms. The van der Waals surface area contributed by atoms with Gasteiger partial charge in [0.25, 0.3) is 5.91 Å². The SMILES string of the molecule is COc1ccc(CN(C)C(=O)c2snnc2C(C)F)cc1. The maximum absolute atomic E-state index is 13.4. The van der Waals surface area contributed by atoms with Gasteiger partial charge in [-0.1, -0.05) is 16.6 Å². The quantitative estimate of drug-likeness (QED) is 0.852. The molecule has 1 atom stereocenters. The van der Waals surface area contributed by atoms with Crippen LogP contribution in [0.5, 0.6) is 5.75 Å². The fraction of sp³-hybridized carbons (Fsp3) is 0.357. The molecule has 0 N–H and O–H groups in total. The highest BCUT2D eigenvalue weighted by molar-refractivity contribution is 7.08. The predicted molar refractivity (Wildman–Crippen MR) is 78.2 cm³/mol. The molecule has 1 heterocycles. The van der Waals surface area contributed by atoms with Gasteiger partial charge in [0.1, 0.15) is 22.5 Å². The van der Waals surface area contributed by atoms with Crippen LogP contribution in [0.2, 0.25) is 0 Å². The number of alkyl halides is 1. The van der Waals surface area contributed by atoms with Crippen molar-refractivity contribution in [3.05, 3.63) is 40.4 Å². The first-order valence-corrected chi connectivity index (χ1v) is 7.15. The van der Waals surface area contributed by atoms with Gasteiger partial charge < -0.3 is 9.64 Å². The number of hydrogen-bond acceptors (Lipinski definition) is 5. The largest absolute Gasteiger partial charge is 0.497 e. The molecule has 0 saturated carbocycles. The van der Waals surface area contributed by atoms with Crippen LogP contribution in [-0.4, -0.2) is 34.6 Å². The minimum Gasteiger partial charge on any atom is -0.497 e. The zero-order valence-electron chi connectivity index (χ0n) is 12.0. The molecule has 0 fully saturated rings. The van der Waals surface area contributed by atoms with E-state index in [0.717, 1.165) is 22.8 Å². The molecule has 1 amide bonds. The fourth-order valence-corrected chi connectivity index (χ4v) is 2.60. The molecule has 0 saturated heterocycles. The molecule has 0 bridgehead atoms. The molecule has 1 aromatic heterocycles. The third-order valence-corrected chi connectivity index (χ3v) is 3.74. The van der Waals surface area contributed by atoms with E-state index in [1.54, 1.807) is 14.2 Å². The minimum absolute atomic E-state index is 0.103. The van der Waals surface area contributed by atoms with E-state index in [2.05, 4.69) is 9.59 Å². The molecule has 1 aromatic carbocycles. The Morgan fingerprint density at radius 1 is 1.43 bits per heavy atom. The monoisotopic (exact) mass is 309 g/mol. The van der Waals surface area contributed by atoms with Crippen LogP contribution < -0.4 is 4.74 Å². The number of hydrogen-bond donors (Lipinski definition) is 0. The summed E-state index contributed by atoms with van der Waals surface area (Å²) in [6.07, 6.45) is -1.31. The highest BCUT2D eigenvalue weighted by atomic mass is 32.1. The Bertz CT molecular complexity index is 613. The van der Waals surface area contributed by atoms with E-state index in [1.807, 2.05) is 24.3 Å². The molecule has 2 rings (SSSR count). The van der Waals surface area contributed by atoms with Gasteiger partial charge in [-0.25, -0.2) is 4.39 Å². The number of aromatic nitrogens is 2. The van der Waals surface area contributed by atoms with Gasteiger partial charge in [0.2, 0.25) is 0 Å². The molecule has 0 radical (unpaired) electrons. The standard InChI is InChI=1S/C14H16FN3O2S/c1-9(15)12-13(21-17-16-12)14(19)18(2)8-10-4-6-11(20-3)7-5-10/h4-7,9H,8H2,1-3H3. The van der Waals surface area contributed by atoms with E-state index >= 15 is 0 Å². The van der Waals surface area contributed by atoms with E-state index in [4.69, 9.17) is 4.74 Å². The van der Waals surface area contributed by atoms with Crippen molar-refractivity contribution in [2.45, 2.75) is 19.6 Å². The van der Waals surface area contributed by atoms with Crippen molar-refractivity contribution in [3.8, 4) is 5.75 Å². The van der Waals surface area contributed by atoms with Gasteiger partial charge in [-0.3, -0.25) is 4.79 Å². The van der Waals surface area contributed by atoms with E-state index in [-0.39, 0.29) is 16.5 Å². The molecule has 1 unspecified atom stereocenters. The van der Waals surface area contributed by atoms with Crippen molar-refractivity contribution in [2.24, 2.45) is 0 Å². The van der Waals surface area contributed by atoms with Crippen LogP contribution in [0.25, 0.3) is 0 Å². The number of nitrogens with zero attached hydrogens (tertiary/aromatic N) is 3. The molecule has 5 nitrogen and oxygen atoms in total.